The maximum atomic E-state index is 12.3. The maximum absolute atomic E-state index is 12.3. The van der Waals surface area contributed by atoms with Crippen molar-refractivity contribution >= 4 is 23.3 Å². The normalized spacial score (nSPS) is 11.8. The number of hydrogen-bond donors (Lipinski definition) is 1. The van der Waals surface area contributed by atoms with E-state index in [4.69, 9.17) is 21.0 Å². The van der Waals surface area contributed by atoms with Gasteiger partial charge in [-0.05, 0) is 29.4 Å². The average molecular weight is 344 g/mol. The molecule has 6 nitrogen and oxygen atoms in total. The standard InChI is InChI=1S/C17H14ClN3O3/c1-11(23-14-10-6-5-9-13(14)18)17(22)19-16-15(20-24-21-16)12-7-3-2-4-8-12/h2-11H,1H3,(H,19,21,22). The summed E-state index contributed by atoms with van der Waals surface area (Å²) < 4.78 is 10.3. The molecule has 24 heavy (non-hydrogen) atoms. The van der Waals surface area contributed by atoms with Crippen molar-refractivity contribution in [3.05, 3.63) is 59.6 Å². The molecule has 1 heterocycles. The zero-order valence-electron chi connectivity index (χ0n) is 12.8. The molecule has 0 saturated heterocycles. The van der Waals surface area contributed by atoms with Crippen molar-refractivity contribution in [1.82, 2.24) is 10.3 Å². The number of aromatic nitrogens is 2. The van der Waals surface area contributed by atoms with E-state index in [2.05, 4.69) is 15.6 Å². The van der Waals surface area contributed by atoms with E-state index in [1.807, 2.05) is 30.3 Å². The highest BCUT2D eigenvalue weighted by molar-refractivity contribution is 6.32. The molecule has 0 spiro atoms. The van der Waals surface area contributed by atoms with Crippen LogP contribution in [0, 0.1) is 0 Å². The lowest BCUT2D eigenvalue weighted by Crippen LogP contribution is -2.30. The second-order valence-corrected chi connectivity index (χ2v) is 5.41. The summed E-state index contributed by atoms with van der Waals surface area (Å²) in [6.07, 6.45) is -0.773. The summed E-state index contributed by atoms with van der Waals surface area (Å²) >= 11 is 6.03. The second-order valence-electron chi connectivity index (χ2n) is 5.01. The highest BCUT2D eigenvalue weighted by atomic mass is 35.5. The van der Waals surface area contributed by atoms with Gasteiger partial charge in [-0.25, -0.2) is 4.63 Å². The molecule has 2 aromatic carbocycles. The SMILES string of the molecule is CC(Oc1ccccc1Cl)C(=O)Nc1nonc1-c1ccccc1. The predicted octanol–water partition coefficient (Wildman–Crippen LogP) is 3.80. The lowest BCUT2D eigenvalue weighted by atomic mass is 10.1. The van der Waals surface area contributed by atoms with Crippen molar-refractivity contribution in [3.63, 3.8) is 0 Å². The van der Waals surface area contributed by atoms with Gasteiger partial charge in [-0.2, -0.15) is 0 Å². The number of carbonyl (C=O) groups is 1. The zero-order valence-corrected chi connectivity index (χ0v) is 13.5. The monoisotopic (exact) mass is 343 g/mol. The highest BCUT2D eigenvalue weighted by Crippen LogP contribution is 2.26. The molecule has 3 aromatic rings. The number of rotatable bonds is 5. The maximum Gasteiger partial charge on any atom is 0.266 e. The van der Waals surface area contributed by atoms with Gasteiger partial charge in [0.1, 0.15) is 5.75 Å². The van der Waals surface area contributed by atoms with Crippen LogP contribution in [0.2, 0.25) is 5.02 Å². The van der Waals surface area contributed by atoms with E-state index < -0.39 is 6.10 Å². The van der Waals surface area contributed by atoms with Crippen LogP contribution in [0.25, 0.3) is 11.3 Å². The molecule has 1 aromatic heterocycles. The van der Waals surface area contributed by atoms with E-state index in [0.29, 0.717) is 16.5 Å². The van der Waals surface area contributed by atoms with Crippen molar-refractivity contribution < 1.29 is 14.2 Å². The Morgan fingerprint density at radius 3 is 2.58 bits per heavy atom. The van der Waals surface area contributed by atoms with Gasteiger partial charge in [0.15, 0.2) is 11.8 Å². The van der Waals surface area contributed by atoms with Gasteiger partial charge >= 0.3 is 0 Å². The number of para-hydroxylation sites is 1. The summed E-state index contributed by atoms with van der Waals surface area (Å²) in [6, 6.07) is 16.2. The van der Waals surface area contributed by atoms with Gasteiger partial charge in [-0.3, -0.25) is 4.79 Å². The topological polar surface area (TPSA) is 77.2 Å². The lowest BCUT2D eigenvalue weighted by Gasteiger charge is -2.14. The number of halogens is 1. The van der Waals surface area contributed by atoms with Gasteiger partial charge in [0.2, 0.25) is 5.82 Å². The summed E-state index contributed by atoms with van der Waals surface area (Å²) in [4.78, 5) is 12.3. The Bertz CT molecular complexity index is 836. The molecule has 1 amide bonds. The third-order valence-corrected chi connectivity index (χ3v) is 3.60. The van der Waals surface area contributed by atoms with E-state index in [0.717, 1.165) is 5.56 Å². The fourth-order valence-electron chi connectivity index (χ4n) is 2.06. The Hall–Kier alpha value is -2.86. The van der Waals surface area contributed by atoms with Crippen molar-refractivity contribution in [2.24, 2.45) is 0 Å². The Kier molecular flexibility index (Phi) is 4.77. The summed E-state index contributed by atoms with van der Waals surface area (Å²) in [5.74, 6) is 0.284. The largest absolute Gasteiger partial charge is 0.479 e. The van der Waals surface area contributed by atoms with Crippen LogP contribution < -0.4 is 10.1 Å². The van der Waals surface area contributed by atoms with E-state index in [-0.39, 0.29) is 11.7 Å². The first-order chi connectivity index (χ1) is 11.6. The minimum atomic E-state index is -0.773. The fourth-order valence-corrected chi connectivity index (χ4v) is 2.24. The van der Waals surface area contributed by atoms with E-state index in [9.17, 15) is 4.79 Å². The number of nitrogens with one attached hydrogen (secondary N) is 1. The Labute approximate surface area is 143 Å². The van der Waals surface area contributed by atoms with Gasteiger partial charge in [0, 0.05) is 5.56 Å². The van der Waals surface area contributed by atoms with E-state index in [1.165, 1.54) is 0 Å². The van der Waals surface area contributed by atoms with Crippen LogP contribution in [-0.2, 0) is 4.79 Å². The van der Waals surface area contributed by atoms with Gasteiger partial charge in [-0.1, -0.05) is 54.1 Å². The van der Waals surface area contributed by atoms with Crippen LogP contribution in [0.4, 0.5) is 5.82 Å². The summed E-state index contributed by atoms with van der Waals surface area (Å²) in [5, 5.41) is 10.7. The molecular weight excluding hydrogens is 330 g/mol. The zero-order chi connectivity index (χ0) is 16.9. The number of amides is 1. The molecule has 0 bridgehead atoms. The third kappa shape index (κ3) is 3.55. The number of hydrogen-bond acceptors (Lipinski definition) is 5. The van der Waals surface area contributed by atoms with Crippen molar-refractivity contribution in [1.29, 1.82) is 0 Å². The number of carbonyl (C=O) groups excluding carboxylic acids is 1. The third-order valence-electron chi connectivity index (χ3n) is 3.29. The summed E-state index contributed by atoms with van der Waals surface area (Å²) in [6.45, 7) is 1.62. The molecule has 0 saturated carbocycles. The molecule has 1 unspecified atom stereocenters. The number of nitrogens with zero attached hydrogens (tertiary/aromatic N) is 2. The molecule has 0 fully saturated rings. The van der Waals surface area contributed by atoms with Gasteiger partial charge in [0.25, 0.3) is 5.91 Å². The van der Waals surface area contributed by atoms with Crippen LogP contribution in [-0.4, -0.2) is 22.3 Å². The first kappa shape index (κ1) is 16.0. The molecule has 1 N–H and O–H groups in total. The fraction of sp³-hybridized carbons (Fsp3) is 0.118. The quantitative estimate of drug-likeness (QED) is 0.762. The Balaban J connectivity index is 1.72. The van der Waals surface area contributed by atoms with Crippen LogP contribution in [0.15, 0.2) is 59.2 Å². The molecular formula is C17H14ClN3O3. The van der Waals surface area contributed by atoms with Gasteiger partial charge in [0.05, 0.1) is 5.02 Å². The van der Waals surface area contributed by atoms with Gasteiger partial charge in [-0.15, -0.1) is 0 Å². The molecule has 0 aliphatic carbocycles. The number of ether oxygens (including phenoxy) is 1. The smallest absolute Gasteiger partial charge is 0.266 e. The van der Waals surface area contributed by atoms with Crippen LogP contribution in [0.5, 0.6) is 5.75 Å². The first-order valence-electron chi connectivity index (χ1n) is 7.25. The second kappa shape index (κ2) is 7.14. The Morgan fingerprint density at radius 1 is 1.12 bits per heavy atom. The van der Waals surface area contributed by atoms with Crippen LogP contribution >= 0.6 is 11.6 Å². The molecule has 0 aliphatic rings. The van der Waals surface area contributed by atoms with Crippen molar-refractivity contribution in [3.8, 4) is 17.0 Å². The predicted molar refractivity (Wildman–Crippen MR) is 89.9 cm³/mol. The van der Waals surface area contributed by atoms with Crippen molar-refractivity contribution in [2.45, 2.75) is 13.0 Å². The van der Waals surface area contributed by atoms with E-state index >= 15 is 0 Å². The Morgan fingerprint density at radius 2 is 1.83 bits per heavy atom. The minimum Gasteiger partial charge on any atom is -0.479 e. The molecule has 7 heteroatoms. The summed E-state index contributed by atoms with van der Waals surface area (Å²) in [7, 11) is 0. The average Bonchev–Trinajstić information content (AvgIpc) is 3.05. The molecule has 3 rings (SSSR count). The van der Waals surface area contributed by atoms with Gasteiger partial charge < -0.3 is 10.1 Å². The first-order valence-corrected chi connectivity index (χ1v) is 7.63. The lowest BCUT2D eigenvalue weighted by molar-refractivity contribution is -0.122. The number of benzene rings is 2. The van der Waals surface area contributed by atoms with Crippen LogP contribution in [0.1, 0.15) is 6.92 Å². The van der Waals surface area contributed by atoms with Crippen LogP contribution in [0.3, 0.4) is 0 Å². The molecule has 0 aliphatic heterocycles. The van der Waals surface area contributed by atoms with E-state index in [1.54, 1.807) is 31.2 Å². The number of anilines is 1. The summed E-state index contributed by atoms with van der Waals surface area (Å²) in [5.41, 5.74) is 1.24. The molecule has 1 atom stereocenters. The molecule has 122 valence electrons. The minimum absolute atomic E-state index is 0.237. The molecule has 0 radical (unpaired) electrons. The highest BCUT2D eigenvalue weighted by Gasteiger charge is 2.20. The van der Waals surface area contributed by atoms with Crippen molar-refractivity contribution in [2.75, 3.05) is 5.32 Å².